The van der Waals surface area contributed by atoms with Gasteiger partial charge in [-0.15, -0.1) is 0 Å². The zero-order valence-corrected chi connectivity index (χ0v) is 11.0. The van der Waals surface area contributed by atoms with Crippen LogP contribution in [-0.2, 0) is 12.8 Å². The summed E-state index contributed by atoms with van der Waals surface area (Å²) in [5.41, 5.74) is -0.459. The van der Waals surface area contributed by atoms with Gasteiger partial charge >= 0.3 is 6.18 Å². The molecule has 0 spiro atoms. The molecule has 0 unspecified atom stereocenters. The molecule has 19 heavy (non-hydrogen) atoms. The minimum atomic E-state index is -4.33. The summed E-state index contributed by atoms with van der Waals surface area (Å²) in [6.45, 7) is 3.12. The van der Waals surface area contributed by atoms with Crippen LogP contribution in [-0.4, -0.2) is 17.7 Å². The Morgan fingerprint density at radius 3 is 2.47 bits per heavy atom. The molecule has 1 heterocycles. The van der Waals surface area contributed by atoms with Crippen molar-refractivity contribution in [3.63, 3.8) is 0 Å². The Bertz CT molecular complexity index is 373. The topological polar surface area (TPSA) is 32.3 Å². The molecule has 1 atom stereocenters. The molecule has 108 valence electrons. The van der Waals surface area contributed by atoms with Crippen LogP contribution in [0.1, 0.15) is 37.3 Å². The molecule has 1 aliphatic heterocycles. The fraction of sp³-hybridized carbons (Fsp3) is 0.571. The van der Waals surface area contributed by atoms with E-state index in [1.807, 2.05) is 0 Å². The summed E-state index contributed by atoms with van der Waals surface area (Å²) >= 11 is 0. The van der Waals surface area contributed by atoms with Gasteiger partial charge in [0, 0.05) is 6.04 Å². The average Bonchev–Trinajstić information content (AvgIpc) is 2.39. The second-order valence-corrected chi connectivity index (χ2v) is 4.71. The van der Waals surface area contributed by atoms with Crippen molar-refractivity contribution >= 4 is 0 Å². The number of alkyl halides is 3. The van der Waals surface area contributed by atoms with Gasteiger partial charge in [0.15, 0.2) is 0 Å². The van der Waals surface area contributed by atoms with Gasteiger partial charge in [-0.25, -0.2) is 0 Å². The Balaban J connectivity index is 0.000000218. The predicted molar refractivity (Wildman–Crippen MR) is 68.7 cm³/mol. The van der Waals surface area contributed by atoms with Crippen molar-refractivity contribution in [2.45, 2.75) is 45.0 Å². The van der Waals surface area contributed by atoms with Crippen LogP contribution in [0.2, 0.25) is 0 Å². The summed E-state index contributed by atoms with van der Waals surface area (Å²) in [5, 5.41) is 11.9. The largest absolute Gasteiger partial charge is 0.416 e. The number of halogens is 3. The smallest absolute Gasteiger partial charge is 0.392 e. The molecular weight excluding hydrogens is 255 g/mol. The minimum Gasteiger partial charge on any atom is -0.392 e. The molecule has 5 heteroatoms. The van der Waals surface area contributed by atoms with E-state index in [0.717, 1.165) is 18.2 Å². The number of hydrogen-bond acceptors (Lipinski definition) is 2. The highest BCUT2D eigenvalue weighted by atomic mass is 19.4. The number of piperidine rings is 1. The first-order chi connectivity index (χ1) is 8.93. The summed E-state index contributed by atoms with van der Waals surface area (Å²) in [4.78, 5) is 0. The van der Waals surface area contributed by atoms with Gasteiger partial charge in [0.1, 0.15) is 0 Å². The predicted octanol–water partition coefficient (Wildman–Crippen LogP) is 3.35. The fourth-order valence-corrected chi connectivity index (χ4v) is 1.87. The van der Waals surface area contributed by atoms with Crippen molar-refractivity contribution in [2.24, 2.45) is 0 Å². The van der Waals surface area contributed by atoms with Gasteiger partial charge in [-0.3, -0.25) is 0 Å². The van der Waals surface area contributed by atoms with Crippen LogP contribution >= 0.6 is 0 Å². The quantitative estimate of drug-likeness (QED) is 0.824. The van der Waals surface area contributed by atoms with Gasteiger partial charge in [0.2, 0.25) is 0 Å². The molecule has 2 nitrogen and oxygen atoms in total. The standard InChI is InChI=1S/C8H7F3O.C6H13N/c9-8(10,11)7-3-1-2-6(4-7)5-12;1-6-4-2-3-5-7-6/h1-4,12H,5H2;6-7H,2-5H2,1H3/t;6-/m.1/s1. The first-order valence-electron chi connectivity index (χ1n) is 6.44. The molecule has 2 rings (SSSR count). The van der Waals surface area contributed by atoms with Gasteiger partial charge in [-0.1, -0.05) is 18.6 Å². The Kier molecular flexibility index (Phi) is 6.31. The number of nitrogens with one attached hydrogen (secondary N) is 1. The highest BCUT2D eigenvalue weighted by Crippen LogP contribution is 2.29. The lowest BCUT2D eigenvalue weighted by atomic mass is 10.1. The van der Waals surface area contributed by atoms with E-state index in [2.05, 4.69) is 12.2 Å². The van der Waals surface area contributed by atoms with Crippen LogP contribution in [0.4, 0.5) is 13.2 Å². The molecule has 1 aliphatic rings. The highest BCUT2D eigenvalue weighted by molar-refractivity contribution is 5.24. The lowest BCUT2D eigenvalue weighted by Crippen LogP contribution is -2.30. The Hall–Kier alpha value is -1.07. The molecule has 0 aliphatic carbocycles. The maximum absolute atomic E-state index is 12.0. The van der Waals surface area contributed by atoms with Crippen LogP contribution in [0.3, 0.4) is 0 Å². The van der Waals surface area contributed by atoms with Crippen LogP contribution in [0.5, 0.6) is 0 Å². The maximum Gasteiger partial charge on any atom is 0.416 e. The van der Waals surface area contributed by atoms with Crippen LogP contribution in [0.15, 0.2) is 24.3 Å². The van der Waals surface area contributed by atoms with Crippen molar-refractivity contribution in [1.29, 1.82) is 0 Å². The number of hydrogen-bond donors (Lipinski definition) is 2. The zero-order valence-electron chi connectivity index (χ0n) is 11.0. The van der Waals surface area contributed by atoms with E-state index in [0.29, 0.717) is 0 Å². The molecule has 1 aromatic rings. The molecule has 0 aromatic heterocycles. The fourth-order valence-electron chi connectivity index (χ4n) is 1.87. The Morgan fingerprint density at radius 1 is 1.32 bits per heavy atom. The third kappa shape index (κ3) is 6.07. The first-order valence-corrected chi connectivity index (χ1v) is 6.44. The molecule has 1 saturated heterocycles. The van der Waals surface area contributed by atoms with E-state index < -0.39 is 11.7 Å². The second-order valence-electron chi connectivity index (χ2n) is 4.71. The summed E-state index contributed by atoms with van der Waals surface area (Å²) in [6.07, 6.45) is -0.149. The monoisotopic (exact) mass is 275 g/mol. The molecule has 0 radical (unpaired) electrons. The molecule has 0 amide bonds. The van der Waals surface area contributed by atoms with E-state index in [1.165, 1.54) is 37.9 Å². The van der Waals surface area contributed by atoms with Gasteiger partial charge in [0.25, 0.3) is 0 Å². The third-order valence-electron chi connectivity index (χ3n) is 2.99. The molecule has 2 N–H and O–H groups in total. The number of benzene rings is 1. The van der Waals surface area contributed by atoms with E-state index >= 15 is 0 Å². The van der Waals surface area contributed by atoms with Crippen molar-refractivity contribution in [1.82, 2.24) is 5.32 Å². The lowest BCUT2D eigenvalue weighted by molar-refractivity contribution is -0.137. The Labute approximate surface area is 111 Å². The Morgan fingerprint density at radius 2 is 2.05 bits per heavy atom. The number of aliphatic hydroxyl groups excluding tert-OH is 1. The molecule has 1 fully saturated rings. The summed E-state index contributed by atoms with van der Waals surface area (Å²) in [7, 11) is 0. The van der Waals surface area contributed by atoms with Crippen molar-refractivity contribution in [3.8, 4) is 0 Å². The minimum absolute atomic E-state index is 0.268. The second kappa shape index (κ2) is 7.50. The van der Waals surface area contributed by atoms with Crippen molar-refractivity contribution < 1.29 is 18.3 Å². The highest BCUT2D eigenvalue weighted by Gasteiger charge is 2.30. The van der Waals surface area contributed by atoms with Crippen LogP contribution < -0.4 is 5.32 Å². The lowest BCUT2D eigenvalue weighted by Gasteiger charge is -2.18. The van der Waals surface area contributed by atoms with Gasteiger partial charge in [0.05, 0.1) is 12.2 Å². The summed E-state index contributed by atoms with van der Waals surface area (Å²) in [5.74, 6) is 0. The number of rotatable bonds is 1. The van der Waals surface area contributed by atoms with Crippen molar-refractivity contribution in [2.75, 3.05) is 6.54 Å². The van der Waals surface area contributed by atoms with E-state index in [9.17, 15) is 13.2 Å². The van der Waals surface area contributed by atoms with Gasteiger partial charge < -0.3 is 10.4 Å². The third-order valence-corrected chi connectivity index (χ3v) is 2.99. The zero-order chi connectivity index (χ0) is 14.3. The summed E-state index contributed by atoms with van der Waals surface area (Å²) in [6, 6.07) is 5.40. The molecule has 1 aromatic carbocycles. The van der Waals surface area contributed by atoms with Gasteiger partial charge in [-0.05, 0) is 44.0 Å². The normalized spacial score (nSPS) is 19.5. The SMILES string of the molecule is C[C@@H]1CCCCN1.OCc1cccc(C(F)(F)F)c1. The van der Waals surface area contributed by atoms with Crippen molar-refractivity contribution in [3.05, 3.63) is 35.4 Å². The van der Waals surface area contributed by atoms with Crippen LogP contribution in [0.25, 0.3) is 0 Å². The molecular formula is C14H20F3NO. The van der Waals surface area contributed by atoms with Gasteiger partial charge in [-0.2, -0.15) is 13.2 Å². The van der Waals surface area contributed by atoms with E-state index in [4.69, 9.17) is 5.11 Å². The molecule has 0 bridgehead atoms. The molecule has 0 saturated carbocycles. The summed E-state index contributed by atoms with van der Waals surface area (Å²) < 4.78 is 36.1. The average molecular weight is 275 g/mol. The number of aliphatic hydroxyl groups is 1. The van der Waals surface area contributed by atoms with E-state index in [1.54, 1.807) is 0 Å². The van der Waals surface area contributed by atoms with E-state index in [-0.39, 0.29) is 12.2 Å². The maximum atomic E-state index is 12.0. The van der Waals surface area contributed by atoms with Crippen LogP contribution in [0, 0.1) is 0 Å². The first kappa shape index (κ1) is 16.0.